The number of halogens is 1. The first-order valence-electron chi connectivity index (χ1n) is 7.58. The van der Waals surface area contributed by atoms with Crippen LogP contribution in [0.2, 0.25) is 0 Å². The van der Waals surface area contributed by atoms with Crippen LogP contribution in [0, 0.1) is 5.82 Å². The van der Waals surface area contributed by atoms with Gasteiger partial charge in [-0.1, -0.05) is 18.2 Å². The standard InChI is InChI=1S/C18H18FNO4/c1-18(22,13-4-7-15-16(9-13)24-11-23-15)10-20-17(21)8-12-2-5-14(19)6-3-12/h2-7,9,22H,8,10-11H2,1H3,(H,20,21). The number of rotatable bonds is 5. The van der Waals surface area contributed by atoms with Gasteiger partial charge in [0.25, 0.3) is 0 Å². The number of nitrogens with one attached hydrogen (secondary N) is 1. The second kappa shape index (κ2) is 6.49. The Bertz CT molecular complexity index is 743. The zero-order valence-corrected chi connectivity index (χ0v) is 13.2. The molecule has 3 rings (SSSR count). The SMILES string of the molecule is CC(O)(CNC(=O)Cc1ccc(F)cc1)c1ccc2c(c1)OCO2. The average Bonchev–Trinajstić information content (AvgIpc) is 3.03. The minimum absolute atomic E-state index is 0.0483. The van der Waals surface area contributed by atoms with Crippen molar-refractivity contribution in [3.05, 3.63) is 59.4 Å². The van der Waals surface area contributed by atoms with Gasteiger partial charge in [0, 0.05) is 0 Å². The molecule has 1 amide bonds. The zero-order valence-electron chi connectivity index (χ0n) is 13.2. The molecule has 1 aliphatic heterocycles. The Morgan fingerprint density at radius 1 is 1.21 bits per heavy atom. The van der Waals surface area contributed by atoms with Gasteiger partial charge in [-0.05, 0) is 42.3 Å². The number of hydrogen-bond acceptors (Lipinski definition) is 4. The summed E-state index contributed by atoms with van der Waals surface area (Å²) in [5.41, 5.74) is 0.0739. The molecule has 0 fully saturated rings. The summed E-state index contributed by atoms with van der Waals surface area (Å²) in [4.78, 5) is 12.0. The maximum absolute atomic E-state index is 12.9. The molecule has 126 valence electrons. The number of carbonyl (C=O) groups excluding carboxylic acids is 1. The summed E-state index contributed by atoms with van der Waals surface area (Å²) in [6.07, 6.45) is 0.123. The van der Waals surface area contributed by atoms with Crippen molar-refractivity contribution in [2.75, 3.05) is 13.3 Å². The molecule has 0 saturated heterocycles. The van der Waals surface area contributed by atoms with Gasteiger partial charge in [0.05, 0.1) is 13.0 Å². The van der Waals surface area contributed by atoms with E-state index in [4.69, 9.17) is 9.47 Å². The van der Waals surface area contributed by atoms with Crippen LogP contribution >= 0.6 is 0 Å². The van der Waals surface area contributed by atoms with Crippen LogP contribution in [0.3, 0.4) is 0 Å². The third-order valence-electron chi connectivity index (χ3n) is 3.90. The van der Waals surface area contributed by atoms with Crippen LogP contribution in [0.25, 0.3) is 0 Å². The van der Waals surface area contributed by atoms with Crippen molar-refractivity contribution in [1.29, 1.82) is 0 Å². The molecule has 1 unspecified atom stereocenters. The lowest BCUT2D eigenvalue weighted by atomic mass is 9.95. The van der Waals surface area contributed by atoms with E-state index >= 15 is 0 Å². The third-order valence-corrected chi connectivity index (χ3v) is 3.90. The van der Waals surface area contributed by atoms with E-state index in [-0.39, 0.29) is 31.5 Å². The fraction of sp³-hybridized carbons (Fsp3) is 0.278. The van der Waals surface area contributed by atoms with Gasteiger partial charge in [0.1, 0.15) is 11.4 Å². The minimum Gasteiger partial charge on any atom is -0.454 e. The van der Waals surface area contributed by atoms with Crippen LogP contribution in [0.15, 0.2) is 42.5 Å². The second-order valence-corrected chi connectivity index (χ2v) is 5.92. The molecule has 0 spiro atoms. The summed E-state index contributed by atoms with van der Waals surface area (Å²) in [5.74, 6) is 0.618. The van der Waals surface area contributed by atoms with Crippen molar-refractivity contribution >= 4 is 5.91 Å². The number of hydrogen-bond donors (Lipinski definition) is 2. The Morgan fingerprint density at radius 2 is 1.92 bits per heavy atom. The Labute approximate surface area is 139 Å². The van der Waals surface area contributed by atoms with Crippen LogP contribution in [0.5, 0.6) is 11.5 Å². The highest BCUT2D eigenvalue weighted by Crippen LogP contribution is 2.35. The van der Waals surface area contributed by atoms with Gasteiger partial charge in [-0.15, -0.1) is 0 Å². The summed E-state index contributed by atoms with van der Waals surface area (Å²) >= 11 is 0. The molecule has 0 radical (unpaired) electrons. The van der Waals surface area contributed by atoms with Gasteiger partial charge in [-0.2, -0.15) is 0 Å². The van der Waals surface area contributed by atoms with Crippen molar-refractivity contribution < 1.29 is 23.8 Å². The molecule has 1 heterocycles. The summed E-state index contributed by atoms with van der Waals surface area (Å²) in [6, 6.07) is 10.9. The fourth-order valence-electron chi connectivity index (χ4n) is 2.45. The molecule has 0 saturated carbocycles. The second-order valence-electron chi connectivity index (χ2n) is 5.92. The van der Waals surface area contributed by atoms with Gasteiger partial charge >= 0.3 is 0 Å². The fourth-order valence-corrected chi connectivity index (χ4v) is 2.45. The van der Waals surface area contributed by atoms with E-state index in [0.29, 0.717) is 22.6 Å². The van der Waals surface area contributed by atoms with Gasteiger partial charge in [0.15, 0.2) is 11.5 Å². The van der Waals surface area contributed by atoms with Gasteiger partial charge < -0.3 is 19.9 Å². The number of amides is 1. The van der Waals surface area contributed by atoms with Crippen LogP contribution in [0.1, 0.15) is 18.1 Å². The summed E-state index contributed by atoms with van der Waals surface area (Å²) < 4.78 is 23.4. The van der Waals surface area contributed by atoms with Crippen LogP contribution in [0.4, 0.5) is 4.39 Å². The van der Waals surface area contributed by atoms with E-state index in [2.05, 4.69) is 5.32 Å². The van der Waals surface area contributed by atoms with Crippen molar-refractivity contribution in [3.63, 3.8) is 0 Å². The Kier molecular flexibility index (Phi) is 4.40. The van der Waals surface area contributed by atoms with Crippen LogP contribution in [-0.2, 0) is 16.8 Å². The molecule has 1 aliphatic rings. The van der Waals surface area contributed by atoms with Crippen LogP contribution in [-0.4, -0.2) is 24.4 Å². The Hall–Kier alpha value is -2.60. The number of ether oxygens (including phenoxy) is 2. The molecule has 1 atom stereocenters. The predicted molar refractivity (Wildman–Crippen MR) is 85.2 cm³/mol. The van der Waals surface area contributed by atoms with Crippen molar-refractivity contribution in [1.82, 2.24) is 5.32 Å². The molecule has 0 aromatic heterocycles. The quantitative estimate of drug-likeness (QED) is 0.881. The van der Waals surface area contributed by atoms with E-state index < -0.39 is 5.60 Å². The first-order valence-corrected chi connectivity index (χ1v) is 7.58. The first-order chi connectivity index (χ1) is 11.4. The van der Waals surface area contributed by atoms with Gasteiger partial charge in [-0.25, -0.2) is 4.39 Å². The summed E-state index contributed by atoms with van der Waals surface area (Å²) in [7, 11) is 0. The largest absolute Gasteiger partial charge is 0.454 e. The zero-order chi connectivity index (χ0) is 17.2. The maximum atomic E-state index is 12.9. The number of fused-ring (bicyclic) bond motifs is 1. The van der Waals surface area contributed by atoms with Gasteiger partial charge in [0.2, 0.25) is 12.7 Å². The highest BCUT2D eigenvalue weighted by atomic mass is 19.1. The molecule has 0 bridgehead atoms. The van der Waals surface area contributed by atoms with Crippen molar-refractivity contribution in [3.8, 4) is 11.5 Å². The molecule has 2 aromatic rings. The molecular formula is C18H18FNO4. The lowest BCUT2D eigenvalue weighted by Gasteiger charge is -2.24. The van der Waals surface area contributed by atoms with Crippen LogP contribution < -0.4 is 14.8 Å². The molecule has 2 N–H and O–H groups in total. The van der Waals surface area contributed by atoms with Crippen molar-refractivity contribution in [2.24, 2.45) is 0 Å². The Balaban J connectivity index is 1.60. The van der Waals surface area contributed by atoms with E-state index in [1.54, 1.807) is 37.3 Å². The topological polar surface area (TPSA) is 67.8 Å². The third kappa shape index (κ3) is 3.65. The smallest absolute Gasteiger partial charge is 0.231 e. The number of aliphatic hydroxyl groups is 1. The molecule has 6 heteroatoms. The highest BCUT2D eigenvalue weighted by molar-refractivity contribution is 5.78. The molecule has 2 aromatic carbocycles. The lowest BCUT2D eigenvalue weighted by Crippen LogP contribution is -2.39. The minimum atomic E-state index is -1.25. The summed E-state index contributed by atoms with van der Waals surface area (Å²) in [6.45, 7) is 1.82. The molecular weight excluding hydrogens is 313 g/mol. The van der Waals surface area contributed by atoms with E-state index in [1.165, 1.54) is 12.1 Å². The van der Waals surface area contributed by atoms with E-state index in [1.807, 2.05) is 0 Å². The maximum Gasteiger partial charge on any atom is 0.231 e. The normalized spacial score (nSPS) is 15.0. The van der Waals surface area contributed by atoms with E-state index in [0.717, 1.165) is 0 Å². The predicted octanol–water partition coefficient (Wildman–Crippen LogP) is 2.12. The molecule has 0 aliphatic carbocycles. The summed E-state index contributed by atoms with van der Waals surface area (Å²) in [5, 5.41) is 13.3. The molecule has 24 heavy (non-hydrogen) atoms. The number of carbonyl (C=O) groups is 1. The average molecular weight is 331 g/mol. The molecule has 5 nitrogen and oxygen atoms in total. The van der Waals surface area contributed by atoms with Gasteiger partial charge in [-0.3, -0.25) is 4.79 Å². The first kappa shape index (κ1) is 16.3. The monoisotopic (exact) mass is 331 g/mol. The van der Waals surface area contributed by atoms with E-state index in [9.17, 15) is 14.3 Å². The highest BCUT2D eigenvalue weighted by Gasteiger charge is 2.26. The Morgan fingerprint density at radius 3 is 2.67 bits per heavy atom. The van der Waals surface area contributed by atoms with Crippen molar-refractivity contribution in [2.45, 2.75) is 18.9 Å². The number of benzene rings is 2. The lowest BCUT2D eigenvalue weighted by molar-refractivity contribution is -0.121.